The average Bonchev–Trinajstić information content (AvgIpc) is 2.34. The van der Waals surface area contributed by atoms with Crippen molar-refractivity contribution in [3.63, 3.8) is 0 Å². The van der Waals surface area contributed by atoms with Crippen molar-refractivity contribution in [1.82, 2.24) is 4.98 Å². The maximum atomic E-state index is 5.02. The number of nitrogens with zero attached hydrogens (tertiary/aromatic N) is 1. The highest BCUT2D eigenvalue weighted by molar-refractivity contribution is 5.32. The Morgan fingerprint density at radius 2 is 1.67 bits per heavy atom. The third kappa shape index (κ3) is 3.34. The molecule has 1 aromatic heterocycles. The molecule has 1 aliphatic rings. The van der Waals surface area contributed by atoms with Gasteiger partial charge in [0.15, 0.2) is 0 Å². The van der Waals surface area contributed by atoms with Gasteiger partial charge in [-0.2, -0.15) is 0 Å². The maximum absolute atomic E-state index is 5.02. The minimum atomic E-state index is 1.16. The number of aryl methyl sites for hydroxylation is 4. The summed E-state index contributed by atoms with van der Waals surface area (Å²) in [5, 5.41) is 0. The second-order valence-corrected chi connectivity index (χ2v) is 5.61. The Balaban J connectivity index is 2.31. The Labute approximate surface area is 112 Å². The number of fused-ring (bicyclic) bond motifs is 1. The van der Waals surface area contributed by atoms with Crippen LogP contribution in [0.25, 0.3) is 0 Å². The van der Waals surface area contributed by atoms with Gasteiger partial charge in [-0.1, -0.05) is 45.6 Å². The highest BCUT2D eigenvalue weighted by Gasteiger charge is 2.12. The molecule has 0 spiro atoms. The van der Waals surface area contributed by atoms with Crippen molar-refractivity contribution >= 4 is 0 Å². The van der Waals surface area contributed by atoms with E-state index in [0.717, 1.165) is 6.42 Å². The van der Waals surface area contributed by atoms with Crippen LogP contribution in [0.3, 0.4) is 0 Å². The summed E-state index contributed by atoms with van der Waals surface area (Å²) in [4.78, 5) is 5.02. The number of aromatic nitrogens is 1. The summed E-state index contributed by atoms with van der Waals surface area (Å²) in [6.07, 6.45) is 12.7. The molecule has 0 saturated carbocycles. The first kappa shape index (κ1) is 13.6. The number of hydrogen-bond donors (Lipinski definition) is 0. The summed E-state index contributed by atoms with van der Waals surface area (Å²) >= 11 is 0. The third-order valence-electron chi connectivity index (χ3n) is 3.98. The molecule has 0 aromatic carbocycles. The predicted molar refractivity (Wildman–Crippen MR) is 78.1 cm³/mol. The topological polar surface area (TPSA) is 12.9 Å². The highest BCUT2D eigenvalue weighted by atomic mass is 14.7. The van der Waals surface area contributed by atoms with E-state index in [1.165, 1.54) is 74.7 Å². The molecule has 2 rings (SSSR count). The normalized spacial score (nSPS) is 15.9. The lowest BCUT2D eigenvalue weighted by molar-refractivity contribution is 0.604. The fraction of sp³-hybridized carbons (Fsp3) is 0.706. The fourth-order valence-corrected chi connectivity index (χ4v) is 3.02. The molecule has 1 nitrogen and oxygen atoms in total. The van der Waals surface area contributed by atoms with E-state index >= 15 is 0 Å². The smallest absolute Gasteiger partial charge is 0.0439 e. The molecule has 1 heterocycles. The summed E-state index contributed by atoms with van der Waals surface area (Å²) in [5.74, 6) is 0. The highest BCUT2D eigenvalue weighted by Crippen LogP contribution is 2.23. The number of hydrogen-bond acceptors (Lipinski definition) is 1. The van der Waals surface area contributed by atoms with E-state index in [1.807, 2.05) is 0 Å². The zero-order valence-electron chi connectivity index (χ0n) is 12.1. The predicted octanol–water partition coefficient (Wildman–Crippen LogP) is 4.65. The standard InChI is InChI=1S/C17H27N/c1-3-9-14-13-15-11-7-5-6-8-12-17(15)18-16(14)10-4-2/h13H,3-12H2,1-2H3. The Kier molecular flexibility index (Phi) is 5.22. The van der Waals surface area contributed by atoms with E-state index in [2.05, 4.69) is 19.9 Å². The van der Waals surface area contributed by atoms with E-state index in [-0.39, 0.29) is 0 Å². The van der Waals surface area contributed by atoms with E-state index in [4.69, 9.17) is 4.98 Å². The van der Waals surface area contributed by atoms with Crippen LogP contribution in [-0.2, 0) is 25.7 Å². The zero-order valence-corrected chi connectivity index (χ0v) is 12.1. The molecule has 0 saturated heterocycles. The minimum Gasteiger partial charge on any atom is -0.257 e. The van der Waals surface area contributed by atoms with Crippen LogP contribution in [-0.4, -0.2) is 4.98 Å². The molecule has 0 aliphatic heterocycles. The molecule has 18 heavy (non-hydrogen) atoms. The van der Waals surface area contributed by atoms with Crippen molar-refractivity contribution in [1.29, 1.82) is 0 Å². The van der Waals surface area contributed by atoms with Crippen LogP contribution in [0.4, 0.5) is 0 Å². The van der Waals surface area contributed by atoms with Gasteiger partial charge in [-0.15, -0.1) is 0 Å². The van der Waals surface area contributed by atoms with Crippen LogP contribution < -0.4 is 0 Å². The monoisotopic (exact) mass is 245 g/mol. The van der Waals surface area contributed by atoms with Crippen LogP contribution >= 0.6 is 0 Å². The van der Waals surface area contributed by atoms with Gasteiger partial charge in [0.1, 0.15) is 0 Å². The molecule has 0 atom stereocenters. The summed E-state index contributed by atoms with van der Waals surface area (Å²) in [5.41, 5.74) is 5.88. The van der Waals surface area contributed by atoms with Crippen molar-refractivity contribution in [2.75, 3.05) is 0 Å². The Morgan fingerprint density at radius 1 is 0.944 bits per heavy atom. The van der Waals surface area contributed by atoms with Crippen molar-refractivity contribution in [2.24, 2.45) is 0 Å². The lowest BCUT2D eigenvalue weighted by Gasteiger charge is -2.17. The quantitative estimate of drug-likeness (QED) is 0.752. The van der Waals surface area contributed by atoms with Gasteiger partial charge < -0.3 is 0 Å². The molecule has 0 N–H and O–H groups in total. The molecule has 1 aliphatic carbocycles. The minimum absolute atomic E-state index is 1.16. The molecule has 0 unspecified atom stereocenters. The first-order valence-corrected chi connectivity index (χ1v) is 7.85. The van der Waals surface area contributed by atoms with Gasteiger partial charge in [-0.25, -0.2) is 0 Å². The van der Waals surface area contributed by atoms with Gasteiger partial charge in [-0.3, -0.25) is 4.98 Å². The van der Waals surface area contributed by atoms with E-state index in [1.54, 1.807) is 5.56 Å². The molecule has 0 fully saturated rings. The summed E-state index contributed by atoms with van der Waals surface area (Å²) < 4.78 is 0. The lowest BCUT2D eigenvalue weighted by Crippen LogP contribution is -2.08. The maximum Gasteiger partial charge on any atom is 0.0439 e. The van der Waals surface area contributed by atoms with E-state index < -0.39 is 0 Å². The van der Waals surface area contributed by atoms with Crippen LogP contribution in [0.15, 0.2) is 6.07 Å². The van der Waals surface area contributed by atoms with Gasteiger partial charge >= 0.3 is 0 Å². The van der Waals surface area contributed by atoms with E-state index in [0.29, 0.717) is 0 Å². The Hall–Kier alpha value is -0.850. The second kappa shape index (κ2) is 6.92. The van der Waals surface area contributed by atoms with Crippen LogP contribution in [0.2, 0.25) is 0 Å². The van der Waals surface area contributed by atoms with Crippen molar-refractivity contribution in [3.05, 3.63) is 28.6 Å². The van der Waals surface area contributed by atoms with Gasteiger partial charge in [0.2, 0.25) is 0 Å². The molecule has 100 valence electrons. The fourth-order valence-electron chi connectivity index (χ4n) is 3.02. The first-order chi connectivity index (χ1) is 8.85. The largest absolute Gasteiger partial charge is 0.257 e. The lowest BCUT2D eigenvalue weighted by atomic mass is 9.93. The third-order valence-corrected chi connectivity index (χ3v) is 3.98. The summed E-state index contributed by atoms with van der Waals surface area (Å²) in [6, 6.07) is 2.49. The first-order valence-electron chi connectivity index (χ1n) is 7.85. The molecule has 0 bridgehead atoms. The molecular formula is C17H27N. The number of pyridine rings is 1. The summed E-state index contributed by atoms with van der Waals surface area (Å²) in [6.45, 7) is 4.53. The molecule has 0 amide bonds. The van der Waals surface area contributed by atoms with Gasteiger partial charge in [-0.05, 0) is 49.7 Å². The molecule has 1 aromatic rings. The number of rotatable bonds is 4. The Morgan fingerprint density at radius 3 is 2.39 bits per heavy atom. The second-order valence-electron chi connectivity index (χ2n) is 5.61. The van der Waals surface area contributed by atoms with Gasteiger partial charge in [0, 0.05) is 11.4 Å². The van der Waals surface area contributed by atoms with Crippen molar-refractivity contribution in [3.8, 4) is 0 Å². The van der Waals surface area contributed by atoms with E-state index in [9.17, 15) is 0 Å². The van der Waals surface area contributed by atoms with Gasteiger partial charge in [0.25, 0.3) is 0 Å². The van der Waals surface area contributed by atoms with Crippen LogP contribution in [0.5, 0.6) is 0 Å². The summed E-state index contributed by atoms with van der Waals surface area (Å²) in [7, 11) is 0. The average molecular weight is 245 g/mol. The SMILES string of the molecule is CCCc1cc2c(nc1CCC)CCCCCC2. The van der Waals surface area contributed by atoms with Crippen molar-refractivity contribution < 1.29 is 0 Å². The van der Waals surface area contributed by atoms with Crippen molar-refractivity contribution in [2.45, 2.75) is 78.1 Å². The molecule has 0 radical (unpaired) electrons. The zero-order chi connectivity index (χ0) is 12.8. The molecular weight excluding hydrogens is 218 g/mol. The molecule has 1 heteroatoms. The Bertz CT molecular complexity index is 333. The van der Waals surface area contributed by atoms with Crippen LogP contribution in [0.1, 0.15) is 74.9 Å². The van der Waals surface area contributed by atoms with Gasteiger partial charge in [0.05, 0.1) is 0 Å². The van der Waals surface area contributed by atoms with Crippen LogP contribution in [0, 0.1) is 0 Å².